The number of rotatable bonds is 11. The van der Waals surface area contributed by atoms with Crippen LogP contribution in [0.4, 0.5) is 0 Å². The van der Waals surface area contributed by atoms with Crippen LogP contribution in [-0.4, -0.2) is 49.8 Å². The molecule has 3 nitrogen and oxygen atoms in total. The van der Waals surface area contributed by atoms with Gasteiger partial charge in [-0.3, -0.25) is 0 Å². The van der Waals surface area contributed by atoms with Crippen LogP contribution in [-0.2, 0) is 0 Å². The quantitative estimate of drug-likeness (QED) is 0.532. The normalized spacial score (nSPS) is 13.3. The molecule has 0 aliphatic heterocycles. The molecule has 2 N–H and O–H groups in total. The van der Waals surface area contributed by atoms with E-state index in [-0.39, 0.29) is 6.61 Å². The zero-order valence-corrected chi connectivity index (χ0v) is 11.3. The van der Waals surface area contributed by atoms with Gasteiger partial charge in [0.25, 0.3) is 0 Å². The highest BCUT2D eigenvalue weighted by molar-refractivity contribution is 4.66. The van der Waals surface area contributed by atoms with Crippen LogP contribution in [0, 0.1) is 0 Å². The fraction of sp³-hybridized carbons (Fsp3) is 1.00. The molecule has 0 bridgehead atoms. The molecule has 0 fully saturated rings. The second-order valence-corrected chi connectivity index (χ2v) is 4.84. The lowest BCUT2D eigenvalue weighted by Crippen LogP contribution is -2.37. The van der Waals surface area contributed by atoms with Crippen LogP contribution < -0.4 is 5.32 Å². The van der Waals surface area contributed by atoms with Gasteiger partial charge in [0, 0.05) is 19.1 Å². The molecule has 0 aromatic carbocycles. The third kappa shape index (κ3) is 10.4. The predicted octanol–water partition coefficient (Wildman–Crippen LogP) is 1.86. The van der Waals surface area contributed by atoms with Gasteiger partial charge in [0.2, 0.25) is 0 Å². The number of nitrogens with one attached hydrogen (secondary N) is 1. The van der Waals surface area contributed by atoms with Gasteiger partial charge in [0.1, 0.15) is 0 Å². The van der Waals surface area contributed by atoms with Gasteiger partial charge in [-0.1, -0.05) is 39.0 Å². The molecule has 0 aliphatic carbocycles. The van der Waals surface area contributed by atoms with Crippen LogP contribution in [0.5, 0.6) is 0 Å². The van der Waals surface area contributed by atoms with Crippen molar-refractivity contribution in [3.8, 4) is 0 Å². The molecule has 0 heterocycles. The van der Waals surface area contributed by atoms with Gasteiger partial charge in [-0.2, -0.15) is 0 Å². The second kappa shape index (κ2) is 11.4. The van der Waals surface area contributed by atoms with Crippen molar-refractivity contribution in [1.82, 2.24) is 10.2 Å². The number of hydrogen-bond donors (Lipinski definition) is 2. The standard InChI is InChI=1S/C13H30N2O/c1-4-5-6-7-8-9-13(12-16)14-10-11-15(2)3/h13-14,16H,4-12H2,1-3H3. The highest BCUT2D eigenvalue weighted by Gasteiger charge is 2.05. The summed E-state index contributed by atoms with van der Waals surface area (Å²) < 4.78 is 0. The molecule has 0 aliphatic rings. The maximum Gasteiger partial charge on any atom is 0.0584 e. The van der Waals surface area contributed by atoms with Gasteiger partial charge < -0.3 is 15.3 Å². The summed E-state index contributed by atoms with van der Waals surface area (Å²) in [4.78, 5) is 2.16. The van der Waals surface area contributed by atoms with Crippen molar-refractivity contribution in [1.29, 1.82) is 0 Å². The highest BCUT2D eigenvalue weighted by atomic mass is 16.3. The van der Waals surface area contributed by atoms with Gasteiger partial charge in [-0.05, 0) is 20.5 Å². The summed E-state index contributed by atoms with van der Waals surface area (Å²) in [5.41, 5.74) is 0. The van der Waals surface area contributed by atoms with E-state index in [0.717, 1.165) is 19.5 Å². The molecule has 0 amide bonds. The Hall–Kier alpha value is -0.120. The van der Waals surface area contributed by atoms with Crippen LogP contribution in [0.3, 0.4) is 0 Å². The van der Waals surface area contributed by atoms with Crippen molar-refractivity contribution in [2.45, 2.75) is 51.5 Å². The maximum atomic E-state index is 9.22. The van der Waals surface area contributed by atoms with E-state index in [1.807, 2.05) is 0 Å². The van der Waals surface area contributed by atoms with Crippen LogP contribution in [0.2, 0.25) is 0 Å². The zero-order chi connectivity index (χ0) is 12.2. The Morgan fingerprint density at radius 1 is 1.12 bits per heavy atom. The predicted molar refractivity (Wildman–Crippen MR) is 70.8 cm³/mol. The number of aliphatic hydroxyl groups excluding tert-OH is 1. The molecular weight excluding hydrogens is 200 g/mol. The Labute approximate surface area is 101 Å². The first-order valence-electron chi connectivity index (χ1n) is 6.69. The lowest BCUT2D eigenvalue weighted by atomic mass is 10.1. The number of unbranched alkanes of at least 4 members (excludes halogenated alkanes) is 4. The van der Waals surface area contributed by atoms with E-state index in [9.17, 15) is 5.11 Å². The van der Waals surface area contributed by atoms with Crippen LogP contribution in [0.25, 0.3) is 0 Å². The third-order valence-corrected chi connectivity index (χ3v) is 2.87. The summed E-state index contributed by atoms with van der Waals surface area (Å²) in [5.74, 6) is 0. The lowest BCUT2D eigenvalue weighted by Gasteiger charge is -2.17. The molecule has 0 aromatic heterocycles. The first-order chi connectivity index (χ1) is 7.70. The first kappa shape index (κ1) is 15.9. The Kier molecular flexibility index (Phi) is 11.3. The Bertz CT molecular complexity index is 140. The summed E-state index contributed by atoms with van der Waals surface area (Å²) in [5, 5.41) is 12.6. The molecule has 16 heavy (non-hydrogen) atoms. The summed E-state index contributed by atoms with van der Waals surface area (Å²) in [7, 11) is 4.14. The minimum absolute atomic E-state index is 0.265. The van der Waals surface area contributed by atoms with Crippen molar-refractivity contribution >= 4 is 0 Å². The topological polar surface area (TPSA) is 35.5 Å². The van der Waals surface area contributed by atoms with E-state index in [2.05, 4.69) is 31.2 Å². The van der Waals surface area contributed by atoms with Gasteiger partial charge in [0.05, 0.1) is 6.61 Å². The summed E-state index contributed by atoms with van der Waals surface area (Å²) in [6.45, 7) is 4.50. The summed E-state index contributed by atoms with van der Waals surface area (Å²) >= 11 is 0. The van der Waals surface area contributed by atoms with E-state index in [1.54, 1.807) is 0 Å². The second-order valence-electron chi connectivity index (χ2n) is 4.84. The molecule has 1 unspecified atom stereocenters. The Balaban J connectivity index is 3.36. The fourth-order valence-corrected chi connectivity index (χ4v) is 1.74. The lowest BCUT2D eigenvalue weighted by molar-refractivity contribution is 0.229. The minimum Gasteiger partial charge on any atom is -0.395 e. The summed E-state index contributed by atoms with van der Waals surface area (Å²) in [6, 6.07) is 0.293. The molecule has 0 saturated carbocycles. The van der Waals surface area contributed by atoms with Crippen LogP contribution >= 0.6 is 0 Å². The molecule has 0 rings (SSSR count). The molecule has 98 valence electrons. The zero-order valence-electron chi connectivity index (χ0n) is 11.3. The van der Waals surface area contributed by atoms with Crippen molar-refractivity contribution in [3.63, 3.8) is 0 Å². The maximum absolute atomic E-state index is 9.22. The van der Waals surface area contributed by atoms with E-state index in [1.165, 1.54) is 32.1 Å². The first-order valence-corrected chi connectivity index (χ1v) is 6.69. The van der Waals surface area contributed by atoms with E-state index < -0.39 is 0 Å². The van der Waals surface area contributed by atoms with Crippen LogP contribution in [0.1, 0.15) is 45.4 Å². The number of hydrogen-bond acceptors (Lipinski definition) is 3. The molecule has 0 saturated heterocycles. The minimum atomic E-state index is 0.265. The largest absolute Gasteiger partial charge is 0.395 e. The van der Waals surface area contributed by atoms with Gasteiger partial charge in [-0.25, -0.2) is 0 Å². The van der Waals surface area contributed by atoms with Gasteiger partial charge >= 0.3 is 0 Å². The molecule has 1 atom stereocenters. The third-order valence-electron chi connectivity index (χ3n) is 2.87. The monoisotopic (exact) mass is 230 g/mol. The number of nitrogens with zero attached hydrogens (tertiary/aromatic N) is 1. The van der Waals surface area contributed by atoms with E-state index >= 15 is 0 Å². The summed E-state index contributed by atoms with van der Waals surface area (Å²) in [6.07, 6.45) is 7.63. The van der Waals surface area contributed by atoms with Gasteiger partial charge in [-0.15, -0.1) is 0 Å². The number of aliphatic hydroxyl groups is 1. The van der Waals surface area contributed by atoms with Gasteiger partial charge in [0.15, 0.2) is 0 Å². The highest BCUT2D eigenvalue weighted by Crippen LogP contribution is 2.06. The number of likely N-dealkylation sites (N-methyl/N-ethyl adjacent to an activating group) is 1. The Morgan fingerprint density at radius 2 is 1.81 bits per heavy atom. The smallest absolute Gasteiger partial charge is 0.0584 e. The van der Waals surface area contributed by atoms with Crippen molar-refractivity contribution in [2.75, 3.05) is 33.8 Å². The average Bonchev–Trinajstić information content (AvgIpc) is 2.26. The molecule has 0 radical (unpaired) electrons. The Morgan fingerprint density at radius 3 is 2.38 bits per heavy atom. The van der Waals surface area contributed by atoms with Crippen LogP contribution in [0.15, 0.2) is 0 Å². The fourth-order valence-electron chi connectivity index (χ4n) is 1.74. The van der Waals surface area contributed by atoms with E-state index in [0.29, 0.717) is 6.04 Å². The SMILES string of the molecule is CCCCCCCC(CO)NCCN(C)C. The molecule has 3 heteroatoms. The van der Waals surface area contributed by atoms with E-state index in [4.69, 9.17) is 0 Å². The molecule has 0 spiro atoms. The molecule has 0 aromatic rings. The average molecular weight is 230 g/mol. The van der Waals surface area contributed by atoms with Crippen molar-refractivity contribution in [3.05, 3.63) is 0 Å². The van der Waals surface area contributed by atoms with Crippen molar-refractivity contribution < 1.29 is 5.11 Å². The van der Waals surface area contributed by atoms with Crippen molar-refractivity contribution in [2.24, 2.45) is 0 Å². The molecular formula is C13H30N2O.